The lowest BCUT2D eigenvalue weighted by atomic mass is 9.74. The Morgan fingerprint density at radius 2 is 2.00 bits per heavy atom. The third-order valence-electron chi connectivity index (χ3n) is 4.78. The molecule has 0 saturated carbocycles. The standard InChI is InChI=1S/C21H31BBrN5O6/c1-14(2)12-19(22(31)32)26-20(30)16(7-5-11-25-21(24)27-28(33)34)13-17(29)10-9-15-6-3-4-8-18(15)23/h3-4,6,8-10,14,16,19,31-32H,5,7,11-13H2,1-2H3,(H,26,30)(H3,24,25,27)/b10-9+/t16-,19+/m1/s1. The topological polar surface area (TPSA) is 180 Å². The van der Waals surface area contributed by atoms with E-state index in [-0.39, 0.29) is 37.0 Å². The Morgan fingerprint density at radius 3 is 2.59 bits per heavy atom. The average Bonchev–Trinajstić information content (AvgIpc) is 2.73. The number of halogens is 1. The molecule has 0 radical (unpaired) electrons. The van der Waals surface area contributed by atoms with Gasteiger partial charge in [-0.05, 0) is 42.9 Å². The van der Waals surface area contributed by atoms with Crippen LogP contribution < -0.4 is 16.5 Å². The van der Waals surface area contributed by atoms with E-state index in [2.05, 4.69) is 26.2 Å². The van der Waals surface area contributed by atoms with Gasteiger partial charge in [-0.25, -0.2) is 15.1 Å². The third kappa shape index (κ3) is 11.9. The van der Waals surface area contributed by atoms with Crippen LogP contribution in [0.2, 0.25) is 0 Å². The van der Waals surface area contributed by atoms with Crippen LogP contribution in [0.25, 0.3) is 6.08 Å². The van der Waals surface area contributed by atoms with Crippen LogP contribution >= 0.6 is 15.9 Å². The largest absolute Gasteiger partial charge is 0.475 e. The van der Waals surface area contributed by atoms with E-state index in [0.29, 0.717) is 12.8 Å². The molecule has 0 saturated heterocycles. The molecule has 0 unspecified atom stereocenters. The second-order valence-corrected chi connectivity index (χ2v) is 9.01. The van der Waals surface area contributed by atoms with Crippen LogP contribution in [-0.4, -0.2) is 52.3 Å². The van der Waals surface area contributed by atoms with Crippen LogP contribution in [0.15, 0.2) is 39.8 Å². The Hall–Kier alpha value is -2.77. The SMILES string of the molecule is CC(C)C[C@H](NC(=O)[C@H](CCCN=C(N)N[N+](=O)[O-])CC(=O)/C=C/c1ccccc1Br)B(O)O. The Balaban J connectivity index is 2.88. The summed E-state index contributed by atoms with van der Waals surface area (Å²) in [7, 11) is -1.74. The minimum absolute atomic E-state index is 0.102. The molecule has 0 spiro atoms. The van der Waals surface area contributed by atoms with Crippen molar-refractivity contribution in [2.24, 2.45) is 22.6 Å². The van der Waals surface area contributed by atoms with Crippen LogP contribution in [0, 0.1) is 22.0 Å². The number of hydrazine groups is 1. The highest BCUT2D eigenvalue weighted by molar-refractivity contribution is 9.10. The number of nitro groups is 1. The first-order valence-electron chi connectivity index (χ1n) is 10.8. The van der Waals surface area contributed by atoms with Crippen LogP contribution in [0.4, 0.5) is 0 Å². The van der Waals surface area contributed by atoms with Crippen molar-refractivity contribution in [1.82, 2.24) is 10.7 Å². The van der Waals surface area contributed by atoms with Gasteiger partial charge < -0.3 is 21.1 Å². The highest BCUT2D eigenvalue weighted by Gasteiger charge is 2.29. The lowest BCUT2D eigenvalue weighted by Gasteiger charge is -2.23. The summed E-state index contributed by atoms with van der Waals surface area (Å²) >= 11 is 3.41. The first-order valence-corrected chi connectivity index (χ1v) is 11.6. The number of ketones is 1. The molecule has 1 aromatic carbocycles. The van der Waals surface area contributed by atoms with E-state index < -0.39 is 29.9 Å². The molecule has 0 aliphatic heterocycles. The Morgan fingerprint density at radius 1 is 1.32 bits per heavy atom. The van der Waals surface area contributed by atoms with Gasteiger partial charge in [-0.3, -0.25) is 9.59 Å². The third-order valence-corrected chi connectivity index (χ3v) is 5.51. The number of nitrogens with one attached hydrogen (secondary N) is 2. The lowest BCUT2D eigenvalue weighted by molar-refractivity contribution is -0.525. The summed E-state index contributed by atoms with van der Waals surface area (Å²) in [6.45, 7) is 3.88. The van der Waals surface area contributed by atoms with E-state index in [1.165, 1.54) is 6.08 Å². The predicted molar refractivity (Wildman–Crippen MR) is 134 cm³/mol. The monoisotopic (exact) mass is 539 g/mol. The zero-order valence-electron chi connectivity index (χ0n) is 19.2. The predicted octanol–water partition coefficient (Wildman–Crippen LogP) is 1.46. The van der Waals surface area contributed by atoms with Crippen LogP contribution in [0.5, 0.6) is 0 Å². The van der Waals surface area contributed by atoms with Crippen molar-refractivity contribution >= 4 is 46.8 Å². The normalized spacial score (nSPS) is 13.5. The lowest BCUT2D eigenvalue weighted by Crippen LogP contribution is -2.49. The quantitative estimate of drug-likeness (QED) is 0.0447. The Labute approximate surface area is 207 Å². The van der Waals surface area contributed by atoms with Gasteiger partial charge in [-0.1, -0.05) is 59.5 Å². The molecule has 0 aliphatic carbocycles. The van der Waals surface area contributed by atoms with Crippen molar-refractivity contribution < 1.29 is 24.7 Å². The Kier molecular flexibility index (Phi) is 13.1. The van der Waals surface area contributed by atoms with E-state index in [4.69, 9.17) is 5.73 Å². The molecule has 6 N–H and O–H groups in total. The van der Waals surface area contributed by atoms with Gasteiger partial charge in [0.1, 0.15) is 0 Å². The zero-order valence-corrected chi connectivity index (χ0v) is 20.8. The van der Waals surface area contributed by atoms with Gasteiger partial charge in [0.05, 0.1) is 5.94 Å². The van der Waals surface area contributed by atoms with Crippen molar-refractivity contribution in [2.75, 3.05) is 6.54 Å². The molecular weight excluding hydrogens is 509 g/mol. The van der Waals surface area contributed by atoms with Gasteiger partial charge in [-0.15, -0.1) is 0 Å². The van der Waals surface area contributed by atoms with Crippen LogP contribution in [0.3, 0.4) is 0 Å². The summed E-state index contributed by atoms with van der Waals surface area (Å²) in [5, 5.41) is 31.4. The summed E-state index contributed by atoms with van der Waals surface area (Å²) in [6, 6.07) is 7.36. The number of allylic oxidation sites excluding steroid dienone is 1. The zero-order chi connectivity index (χ0) is 25.7. The van der Waals surface area contributed by atoms with Crippen molar-refractivity contribution in [1.29, 1.82) is 0 Å². The Bertz CT molecular complexity index is 896. The number of aliphatic imine (C=N–C) groups is 1. The molecule has 1 aromatic rings. The summed E-state index contributed by atoms with van der Waals surface area (Å²) < 4.78 is 0.820. The van der Waals surface area contributed by atoms with Crippen molar-refractivity contribution in [3.63, 3.8) is 0 Å². The van der Waals surface area contributed by atoms with Crippen LogP contribution in [-0.2, 0) is 9.59 Å². The molecule has 0 aromatic heterocycles. The molecule has 0 heterocycles. The summed E-state index contributed by atoms with van der Waals surface area (Å²) in [6.07, 6.45) is 3.86. The summed E-state index contributed by atoms with van der Waals surface area (Å²) in [5.41, 5.74) is 7.91. The van der Waals surface area contributed by atoms with E-state index in [0.717, 1.165) is 10.0 Å². The van der Waals surface area contributed by atoms with Crippen molar-refractivity contribution in [3.8, 4) is 0 Å². The van der Waals surface area contributed by atoms with E-state index in [1.54, 1.807) is 11.5 Å². The number of rotatable bonds is 14. The van der Waals surface area contributed by atoms with Gasteiger partial charge in [0.25, 0.3) is 5.96 Å². The first-order chi connectivity index (χ1) is 16.0. The smallest absolute Gasteiger partial charge is 0.426 e. The minimum atomic E-state index is -1.74. The van der Waals surface area contributed by atoms with E-state index in [9.17, 15) is 29.8 Å². The number of carbonyl (C=O) groups is 2. The highest BCUT2D eigenvalue weighted by Crippen LogP contribution is 2.19. The van der Waals surface area contributed by atoms with Gasteiger partial charge in [-0.2, -0.15) is 0 Å². The highest BCUT2D eigenvalue weighted by atomic mass is 79.9. The number of carbonyl (C=O) groups excluding carboxylic acids is 2. The van der Waals surface area contributed by atoms with Crippen molar-refractivity contribution in [2.45, 2.75) is 45.5 Å². The number of benzene rings is 1. The molecule has 1 rings (SSSR count). The first kappa shape index (κ1) is 29.3. The molecule has 1 amide bonds. The number of hydrogen-bond acceptors (Lipinski definition) is 7. The molecule has 2 atom stereocenters. The van der Waals surface area contributed by atoms with E-state index >= 15 is 0 Å². The van der Waals surface area contributed by atoms with E-state index in [1.807, 2.05) is 38.1 Å². The maximum atomic E-state index is 12.9. The number of amides is 1. The maximum Gasteiger partial charge on any atom is 0.475 e. The minimum Gasteiger partial charge on any atom is -0.426 e. The van der Waals surface area contributed by atoms with Gasteiger partial charge in [0.15, 0.2) is 10.8 Å². The fraction of sp³-hybridized carbons (Fsp3) is 0.476. The molecule has 13 heteroatoms. The van der Waals surface area contributed by atoms with Crippen molar-refractivity contribution in [3.05, 3.63) is 50.5 Å². The molecular formula is C21H31BBrN5O6. The fourth-order valence-electron chi connectivity index (χ4n) is 3.16. The molecule has 11 nitrogen and oxygen atoms in total. The van der Waals surface area contributed by atoms with Gasteiger partial charge in [0.2, 0.25) is 5.91 Å². The van der Waals surface area contributed by atoms with Crippen LogP contribution in [0.1, 0.15) is 45.1 Å². The second-order valence-electron chi connectivity index (χ2n) is 8.16. The fourth-order valence-corrected chi connectivity index (χ4v) is 3.58. The average molecular weight is 540 g/mol. The molecule has 0 aliphatic rings. The molecule has 186 valence electrons. The summed E-state index contributed by atoms with van der Waals surface area (Å²) in [5.74, 6) is -2.66. The van der Waals surface area contributed by atoms with Gasteiger partial charge >= 0.3 is 7.12 Å². The molecule has 0 fully saturated rings. The molecule has 0 bridgehead atoms. The number of hydrogen-bond donors (Lipinski definition) is 5. The maximum absolute atomic E-state index is 12.9. The summed E-state index contributed by atoms with van der Waals surface area (Å²) in [4.78, 5) is 39.7. The number of guanidine groups is 1. The molecule has 34 heavy (non-hydrogen) atoms. The van der Waals surface area contributed by atoms with Gasteiger partial charge in [0, 0.05) is 23.4 Å². The second kappa shape index (κ2) is 15.2. The number of nitrogens with two attached hydrogens (primary N) is 1. The number of nitrogens with zero attached hydrogens (tertiary/aromatic N) is 2.